The monoisotopic (exact) mass is 329 g/mol. The quantitative estimate of drug-likeness (QED) is 0.906. The van der Waals surface area contributed by atoms with Crippen molar-refractivity contribution in [2.45, 2.75) is 44.8 Å². The predicted molar refractivity (Wildman–Crippen MR) is 87.8 cm³/mol. The Morgan fingerprint density at radius 2 is 2.24 bits per heavy atom. The number of nitrogens with one attached hydrogen (secondary N) is 1. The Kier molecular flexibility index (Phi) is 4.77. The molecule has 1 saturated heterocycles. The molecule has 2 heterocycles. The van der Waals surface area contributed by atoms with Crippen LogP contribution in [-0.2, 0) is 4.74 Å². The lowest BCUT2D eigenvalue weighted by Gasteiger charge is -2.39. The number of hydrogen-bond donors (Lipinski definition) is 1. The van der Waals surface area contributed by atoms with Crippen LogP contribution < -0.4 is 10.2 Å². The molecular weight excluding hydrogens is 309 g/mol. The third-order valence-corrected chi connectivity index (χ3v) is 4.77. The van der Waals surface area contributed by atoms with Gasteiger partial charge in [0.05, 0.1) is 28.8 Å². The minimum absolute atomic E-state index is 0.319. The summed E-state index contributed by atoms with van der Waals surface area (Å²) in [5.41, 5.74) is 0. The second-order valence-corrected chi connectivity index (χ2v) is 6.47. The number of rotatable bonds is 4. The maximum absolute atomic E-state index is 6.40. The standard InChI is InChI=1S/C15H21Cl2N3O/c1-2-6-18-14-10(16)9-11(17)15(19-14)20-7-8-21-13-5-3-4-12(13)20/h9,12-13H,2-8H2,1H3,(H,18,19). The van der Waals surface area contributed by atoms with Crippen LogP contribution in [0, 0.1) is 0 Å². The highest BCUT2D eigenvalue weighted by molar-refractivity contribution is 6.37. The third kappa shape index (κ3) is 3.08. The molecule has 2 aliphatic rings. The van der Waals surface area contributed by atoms with E-state index in [2.05, 4.69) is 22.1 Å². The summed E-state index contributed by atoms with van der Waals surface area (Å²) in [7, 11) is 0. The highest BCUT2D eigenvalue weighted by Crippen LogP contribution is 2.37. The van der Waals surface area contributed by atoms with Gasteiger partial charge in [-0.25, -0.2) is 4.98 Å². The van der Waals surface area contributed by atoms with E-state index in [1.54, 1.807) is 6.07 Å². The van der Waals surface area contributed by atoms with E-state index in [0.717, 1.165) is 50.6 Å². The van der Waals surface area contributed by atoms with Gasteiger partial charge in [0.25, 0.3) is 0 Å². The van der Waals surface area contributed by atoms with E-state index in [1.165, 1.54) is 6.42 Å². The van der Waals surface area contributed by atoms with E-state index in [4.69, 9.17) is 27.9 Å². The molecule has 21 heavy (non-hydrogen) atoms. The molecule has 0 bridgehead atoms. The van der Waals surface area contributed by atoms with Crippen LogP contribution in [0.1, 0.15) is 32.6 Å². The van der Waals surface area contributed by atoms with Crippen LogP contribution in [0.3, 0.4) is 0 Å². The molecule has 0 aromatic carbocycles. The number of ether oxygens (including phenoxy) is 1. The molecule has 1 saturated carbocycles. The van der Waals surface area contributed by atoms with Crippen molar-refractivity contribution >= 4 is 34.8 Å². The number of aromatic nitrogens is 1. The SMILES string of the molecule is CCCNc1nc(N2CCOC3CCCC32)c(Cl)cc1Cl. The zero-order valence-corrected chi connectivity index (χ0v) is 13.8. The summed E-state index contributed by atoms with van der Waals surface area (Å²) in [6.07, 6.45) is 4.83. The normalized spacial score (nSPS) is 25.0. The van der Waals surface area contributed by atoms with Crippen molar-refractivity contribution in [1.82, 2.24) is 4.98 Å². The van der Waals surface area contributed by atoms with Gasteiger partial charge in [-0.05, 0) is 31.7 Å². The molecular formula is C15H21Cl2N3O. The van der Waals surface area contributed by atoms with Gasteiger partial charge in [0.1, 0.15) is 11.6 Å². The number of anilines is 2. The van der Waals surface area contributed by atoms with Gasteiger partial charge in [-0.2, -0.15) is 0 Å². The number of hydrogen-bond acceptors (Lipinski definition) is 4. The Morgan fingerprint density at radius 3 is 3.05 bits per heavy atom. The first kappa shape index (κ1) is 15.2. The van der Waals surface area contributed by atoms with Crippen molar-refractivity contribution in [3.05, 3.63) is 16.1 Å². The molecule has 1 aliphatic carbocycles. The average molecular weight is 330 g/mol. The topological polar surface area (TPSA) is 37.4 Å². The van der Waals surface area contributed by atoms with Crippen molar-refractivity contribution in [3.63, 3.8) is 0 Å². The number of morpholine rings is 1. The summed E-state index contributed by atoms with van der Waals surface area (Å²) in [5.74, 6) is 1.55. The van der Waals surface area contributed by atoms with Crippen molar-refractivity contribution in [1.29, 1.82) is 0 Å². The smallest absolute Gasteiger partial charge is 0.150 e. The average Bonchev–Trinajstić information content (AvgIpc) is 2.95. The Balaban J connectivity index is 1.89. The Morgan fingerprint density at radius 1 is 1.38 bits per heavy atom. The van der Waals surface area contributed by atoms with Crippen LogP contribution in [0.2, 0.25) is 10.0 Å². The number of fused-ring (bicyclic) bond motifs is 1. The molecule has 116 valence electrons. The largest absolute Gasteiger partial charge is 0.374 e. The molecule has 1 aromatic heterocycles. The van der Waals surface area contributed by atoms with Gasteiger partial charge in [0, 0.05) is 13.1 Å². The van der Waals surface area contributed by atoms with Gasteiger partial charge in [-0.15, -0.1) is 0 Å². The molecule has 2 unspecified atom stereocenters. The molecule has 3 rings (SSSR count). The van der Waals surface area contributed by atoms with Gasteiger partial charge in [0.15, 0.2) is 0 Å². The third-order valence-electron chi connectivity index (χ3n) is 4.21. The molecule has 0 amide bonds. The van der Waals surface area contributed by atoms with Crippen LogP contribution in [-0.4, -0.2) is 36.8 Å². The molecule has 0 spiro atoms. The molecule has 2 atom stereocenters. The molecule has 1 aliphatic heterocycles. The van der Waals surface area contributed by atoms with Gasteiger partial charge in [0.2, 0.25) is 0 Å². The summed E-state index contributed by atoms with van der Waals surface area (Å²) in [6.45, 7) is 4.54. The van der Waals surface area contributed by atoms with E-state index in [0.29, 0.717) is 22.2 Å². The minimum Gasteiger partial charge on any atom is -0.374 e. The second kappa shape index (κ2) is 6.59. The van der Waals surface area contributed by atoms with Crippen molar-refractivity contribution < 1.29 is 4.74 Å². The molecule has 2 fully saturated rings. The minimum atomic E-state index is 0.319. The maximum atomic E-state index is 6.40. The number of pyridine rings is 1. The highest BCUT2D eigenvalue weighted by atomic mass is 35.5. The van der Waals surface area contributed by atoms with Crippen LogP contribution in [0.4, 0.5) is 11.6 Å². The number of halogens is 2. The van der Waals surface area contributed by atoms with Crippen LogP contribution in [0.25, 0.3) is 0 Å². The van der Waals surface area contributed by atoms with E-state index < -0.39 is 0 Å². The summed E-state index contributed by atoms with van der Waals surface area (Å²) >= 11 is 12.6. The van der Waals surface area contributed by atoms with Crippen LogP contribution >= 0.6 is 23.2 Å². The van der Waals surface area contributed by atoms with Gasteiger partial charge >= 0.3 is 0 Å². The highest BCUT2D eigenvalue weighted by Gasteiger charge is 2.37. The van der Waals surface area contributed by atoms with E-state index >= 15 is 0 Å². The lowest BCUT2D eigenvalue weighted by Crippen LogP contribution is -2.49. The summed E-state index contributed by atoms with van der Waals surface area (Å²) in [4.78, 5) is 6.99. The molecule has 4 nitrogen and oxygen atoms in total. The summed E-state index contributed by atoms with van der Waals surface area (Å²) < 4.78 is 5.86. The zero-order chi connectivity index (χ0) is 14.8. The van der Waals surface area contributed by atoms with E-state index in [9.17, 15) is 0 Å². The van der Waals surface area contributed by atoms with E-state index in [-0.39, 0.29) is 0 Å². The predicted octanol–water partition coefficient (Wildman–Crippen LogP) is 3.97. The Bertz CT molecular complexity index is 512. The van der Waals surface area contributed by atoms with Crippen molar-refractivity contribution in [2.24, 2.45) is 0 Å². The van der Waals surface area contributed by atoms with Crippen LogP contribution in [0.5, 0.6) is 0 Å². The number of nitrogens with zero attached hydrogens (tertiary/aromatic N) is 2. The van der Waals surface area contributed by atoms with Crippen molar-refractivity contribution in [3.8, 4) is 0 Å². The lowest BCUT2D eigenvalue weighted by molar-refractivity contribution is 0.0253. The summed E-state index contributed by atoms with van der Waals surface area (Å²) in [5, 5.41) is 4.47. The maximum Gasteiger partial charge on any atom is 0.150 e. The molecule has 1 aromatic rings. The van der Waals surface area contributed by atoms with E-state index in [1.807, 2.05) is 0 Å². The first-order valence-corrected chi connectivity index (χ1v) is 8.44. The molecule has 1 N–H and O–H groups in total. The van der Waals surface area contributed by atoms with Crippen LogP contribution in [0.15, 0.2) is 6.07 Å². The Labute approximate surface area is 135 Å². The zero-order valence-electron chi connectivity index (χ0n) is 12.2. The first-order valence-electron chi connectivity index (χ1n) is 7.69. The molecule has 6 heteroatoms. The second-order valence-electron chi connectivity index (χ2n) is 5.65. The Hall–Kier alpha value is -0.710. The fraction of sp³-hybridized carbons (Fsp3) is 0.667. The summed E-state index contributed by atoms with van der Waals surface area (Å²) in [6, 6.07) is 2.19. The fourth-order valence-corrected chi connectivity index (χ4v) is 3.75. The lowest BCUT2D eigenvalue weighted by atomic mass is 10.1. The first-order chi connectivity index (χ1) is 10.2. The fourth-order valence-electron chi connectivity index (χ4n) is 3.21. The van der Waals surface area contributed by atoms with Gasteiger partial charge < -0.3 is 15.0 Å². The van der Waals surface area contributed by atoms with Crippen molar-refractivity contribution in [2.75, 3.05) is 29.9 Å². The van der Waals surface area contributed by atoms with Gasteiger partial charge in [-0.3, -0.25) is 0 Å². The van der Waals surface area contributed by atoms with Gasteiger partial charge in [-0.1, -0.05) is 30.1 Å². The molecule has 0 radical (unpaired) electrons.